The van der Waals surface area contributed by atoms with Gasteiger partial charge >= 0.3 is 0 Å². The largest absolute Gasteiger partial charge is 0.391 e. The highest BCUT2D eigenvalue weighted by molar-refractivity contribution is 5.99. The Labute approximate surface area is 107 Å². The van der Waals surface area contributed by atoms with Crippen LogP contribution in [0.5, 0.6) is 0 Å². The van der Waals surface area contributed by atoms with Gasteiger partial charge in [-0.25, -0.2) is 0 Å². The van der Waals surface area contributed by atoms with E-state index in [4.69, 9.17) is 0 Å². The second kappa shape index (κ2) is 5.82. The van der Waals surface area contributed by atoms with Gasteiger partial charge in [-0.15, -0.1) is 0 Å². The van der Waals surface area contributed by atoms with Gasteiger partial charge in [0.25, 0.3) is 5.91 Å². The van der Waals surface area contributed by atoms with E-state index >= 15 is 0 Å². The van der Waals surface area contributed by atoms with Crippen molar-refractivity contribution in [3.8, 4) is 0 Å². The molecule has 5 heteroatoms. The number of nitrogens with one attached hydrogen (secondary N) is 2. The van der Waals surface area contributed by atoms with E-state index in [-0.39, 0.29) is 11.9 Å². The zero-order valence-corrected chi connectivity index (χ0v) is 10.5. The molecule has 98 valence electrons. The fourth-order valence-corrected chi connectivity index (χ4v) is 2.32. The summed E-state index contributed by atoms with van der Waals surface area (Å²) in [5.41, 5.74) is 1.26. The van der Waals surface area contributed by atoms with Crippen LogP contribution in [0.25, 0.3) is 0 Å². The number of aliphatic hydroxyl groups excluding tert-OH is 1. The zero-order chi connectivity index (χ0) is 13.0. The van der Waals surface area contributed by atoms with Gasteiger partial charge in [0, 0.05) is 25.1 Å². The molecule has 1 saturated carbocycles. The molecule has 3 N–H and O–H groups in total. The van der Waals surface area contributed by atoms with Gasteiger partial charge in [0.1, 0.15) is 0 Å². The Bertz CT molecular complexity index is 422. The summed E-state index contributed by atoms with van der Waals surface area (Å²) in [5, 5.41) is 15.7. The molecule has 0 aliphatic heterocycles. The quantitative estimate of drug-likeness (QED) is 0.751. The highest BCUT2D eigenvalue weighted by Crippen LogP contribution is 2.19. The number of hydrogen-bond acceptors (Lipinski definition) is 4. The fraction of sp³-hybridized carbons (Fsp3) is 0.538. The van der Waals surface area contributed by atoms with E-state index in [0.717, 1.165) is 31.4 Å². The molecule has 2 unspecified atom stereocenters. The molecule has 1 aliphatic carbocycles. The van der Waals surface area contributed by atoms with Gasteiger partial charge in [-0.1, -0.05) is 12.8 Å². The minimum atomic E-state index is -0.433. The summed E-state index contributed by atoms with van der Waals surface area (Å²) in [5.74, 6) is -0.182. The summed E-state index contributed by atoms with van der Waals surface area (Å²) in [6.45, 7) is 0. The van der Waals surface area contributed by atoms with Crippen LogP contribution >= 0.6 is 0 Å². The van der Waals surface area contributed by atoms with E-state index < -0.39 is 6.10 Å². The topological polar surface area (TPSA) is 74.2 Å². The molecular weight excluding hydrogens is 230 g/mol. The first-order valence-corrected chi connectivity index (χ1v) is 6.33. The van der Waals surface area contributed by atoms with Gasteiger partial charge in [-0.2, -0.15) is 0 Å². The van der Waals surface area contributed by atoms with Crippen LogP contribution in [-0.4, -0.2) is 35.2 Å². The summed E-state index contributed by atoms with van der Waals surface area (Å²) >= 11 is 0. The predicted molar refractivity (Wildman–Crippen MR) is 69.5 cm³/mol. The minimum Gasteiger partial charge on any atom is -0.391 e. The average molecular weight is 249 g/mol. The van der Waals surface area contributed by atoms with Crippen molar-refractivity contribution in [3.63, 3.8) is 0 Å². The van der Waals surface area contributed by atoms with Crippen molar-refractivity contribution in [1.29, 1.82) is 0 Å². The van der Waals surface area contributed by atoms with Crippen LogP contribution in [0.3, 0.4) is 0 Å². The summed E-state index contributed by atoms with van der Waals surface area (Å²) < 4.78 is 0. The number of hydrogen-bond donors (Lipinski definition) is 3. The lowest BCUT2D eigenvalue weighted by Gasteiger charge is -2.28. The number of pyridine rings is 1. The Morgan fingerprint density at radius 3 is 2.94 bits per heavy atom. The van der Waals surface area contributed by atoms with Gasteiger partial charge in [0.2, 0.25) is 0 Å². The van der Waals surface area contributed by atoms with Crippen LogP contribution in [0.15, 0.2) is 18.5 Å². The van der Waals surface area contributed by atoms with Gasteiger partial charge < -0.3 is 15.7 Å². The van der Waals surface area contributed by atoms with Crippen molar-refractivity contribution in [2.45, 2.75) is 37.8 Å². The maximum absolute atomic E-state index is 12.1. The molecule has 1 fully saturated rings. The Hall–Kier alpha value is -1.62. The van der Waals surface area contributed by atoms with Crippen molar-refractivity contribution in [3.05, 3.63) is 24.0 Å². The molecule has 5 nitrogen and oxygen atoms in total. The highest BCUT2D eigenvalue weighted by Gasteiger charge is 2.25. The monoisotopic (exact) mass is 249 g/mol. The Balaban J connectivity index is 2.07. The van der Waals surface area contributed by atoms with E-state index in [1.165, 1.54) is 6.20 Å². The average Bonchev–Trinajstić information content (AvgIpc) is 2.41. The first-order valence-electron chi connectivity index (χ1n) is 6.33. The molecule has 0 saturated heterocycles. The number of anilines is 1. The lowest BCUT2D eigenvalue weighted by atomic mass is 9.92. The molecule has 18 heavy (non-hydrogen) atoms. The number of carbonyl (C=O) groups is 1. The zero-order valence-electron chi connectivity index (χ0n) is 10.5. The second-order valence-electron chi connectivity index (χ2n) is 4.60. The summed E-state index contributed by atoms with van der Waals surface area (Å²) in [6.07, 6.45) is 6.42. The summed E-state index contributed by atoms with van der Waals surface area (Å²) in [7, 11) is 1.77. The van der Waals surface area contributed by atoms with Crippen molar-refractivity contribution >= 4 is 11.6 Å². The lowest BCUT2D eigenvalue weighted by molar-refractivity contribution is 0.0717. The van der Waals surface area contributed by atoms with Crippen LogP contribution in [0.4, 0.5) is 5.69 Å². The van der Waals surface area contributed by atoms with E-state index in [0.29, 0.717) is 5.56 Å². The van der Waals surface area contributed by atoms with Gasteiger partial charge in [0.05, 0.1) is 17.7 Å². The minimum absolute atomic E-state index is 0.142. The Kier molecular flexibility index (Phi) is 4.15. The fourth-order valence-electron chi connectivity index (χ4n) is 2.32. The molecular formula is C13H19N3O2. The molecule has 0 aromatic carbocycles. The Morgan fingerprint density at radius 1 is 1.44 bits per heavy atom. The van der Waals surface area contributed by atoms with Gasteiger partial charge in [-0.05, 0) is 18.9 Å². The van der Waals surface area contributed by atoms with Crippen LogP contribution < -0.4 is 10.6 Å². The van der Waals surface area contributed by atoms with Crippen molar-refractivity contribution < 1.29 is 9.90 Å². The van der Waals surface area contributed by atoms with Gasteiger partial charge in [-0.3, -0.25) is 9.78 Å². The molecule has 2 rings (SSSR count). The van der Waals surface area contributed by atoms with Crippen LogP contribution in [0.2, 0.25) is 0 Å². The summed E-state index contributed by atoms with van der Waals surface area (Å²) in [6, 6.07) is 1.61. The van der Waals surface area contributed by atoms with E-state index in [1.807, 2.05) is 0 Å². The van der Waals surface area contributed by atoms with Gasteiger partial charge in [0.15, 0.2) is 0 Å². The van der Waals surface area contributed by atoms with Crippen LogP contribution in [0, 0.1) is 0 Å². The predicted octanol–water partition coefficient (Wildman–Crippen LogP) is 1.16. The molecule has 0 radical (unpaired) electrons. The van der Waals surface area contributed by atoms with E-state index in [9.17, 15) is 9.90 Å². The smallest absolute Gasteiger partial charge is 0.255 e. The standard InChI is InChI=1S/C13H19N3O2/c1-14-10-6-7-15-8-9(10)13(18)16-11-4-2-3-5-12(11)17/h6-8,11-12,17H,2-5H2,1H3,(H,14,15)(H,16,18). The van der Waals surface area contributed by atoms with Crippen molar-refractivity contribution in [2.75, 3.05) is 12.4 Å². The van der Waals surface area contributed by atoms with Crippen molar-refractivity contribution in [2.24, 2.45) is 0 Å². The molecule has 1 aliphatic rings. The number of amides is 1. The van der Waals surface area contributed by atoms with E-state index in [1.54, 1.807) is 19.3 Å². The molecule has 1 amide bonds. The molecule has 1 heterocycles. The third-order valence-corrected chi connectivity index (χ3v) is 3.38. The number of nitrogens with zero attached hydrogens (tertiary/aromatic N) is 1. The van der Waals surface area contributed by atoms with E-state index in [2.05, 4.69) is 15.6 Å². The third kappa shape index (κ3) is 2.79. The first kappa shape index (κ1) is 12.8. The maximum atomic E-state index is 12.1. The van der Waals surface area contributed by atoms with Crippen LogP contribution in [-0.2, 0) is 0 Å². The number of carbonyl (C=O) groups excluding carboxylic acids is 1. The molecule has 0 spiro atoms. The molecule has 0 bridgehead atoms. The molecule has 1 aromatic heterocycles. The maximum Gasteiger partial charge on any atom is 0.255 e. The summed E-state index contributed by atoms with van der Waals surface area (Å²) in [4.78, 5) is 16.1. The van der Waals surface area contributed by atoms with Crippen molar-refractivity contribution in [1.82, 2.24) is 10.3 Å². The molecule has 1 aromatic rings. The SMILES string of the molecule is CNc1ccncc1C(=O)NC1CCCCC1O. The number of aromatic nitrogens is 1. The number of rotatable bonds is 3. The highest BCUT2D eigenvalue weighted by atomic mass is 16.3. The third-order valence-electron chi connectivity index (χ3n) is 3.38. The lowest BCUT2D eigenvalue weighted by Crippen LogP contribution is -2.45. The molecule has 2 atom stereocenters. The second-order valence-corrected chi connectivity index (χ2v) is 4.60. The van der Waals surface area contributed by atoms with Crippen LogP contribution in [0.1, 0.15) is 36.0 Å². The number of aliphatic hydroxyl groups is 1. The first-order chi connectivity index (χ1) is 8.72. The Morgan fingerprint density at radius 2 is 2.22 bits per heavy atom. The normalized spacial score (nSPS) is 23.4.